The first kappa shape index (κ1) is 7.60. The van der Waals surface area contributed by atoms with Gasteiger partial charge in [0.15, 0.2) is 11.6 Å². The van der Waals surface area contributed by atoms with Crippen molar-refractivity contribution >= 4 is 5.69 Å². The van der Waals surface area contributed by atoms with Gasteiger partial charge in [-0.15, -0.1) is 0 Å². The van der Waals surface area contributed by atoms with Crippen LogP contribution in [0.1, 0.15) is 0 Å². The zero-order chi connectivity index (χ0) is 9.26. The molecule has 5 heteroatoms. The molecule has 0 aliphatic rings. The van der Waals surface area contributed by atoms with Gasteiger partial charge in [0.05, 0.1) is 5.69 Å². The molecule has 3 N–H and O–H groups in total. The first-order valence-electron chi connectivity index (χ1n) is 3.65. The van der Waals surface area contributed by atoms with Crippen LogP contribution >= 0.6 is 0 Å². The lowest BCUT2D eigenvalue weighted by molar-refractivity contribution is 0.578. The highest BCUT2D eigenvalue weighted by Gasteiger charge is 2.03. The lowest BCUT2D eigenvalue weighted by Crippen LogP contribution is -2.05. The van der Waals surface area contributed by atoms with E-state index in [-0.39, 0.29) is 5.56 Å². The first-order valence-corrected chi connectivity index (χ1v) is 3.65. The number of hydrogen-bond acceptors (Lipinski definition) is 4. The number of anilines is 1. The molecule has 2 rings (SSSR count). The molecule has 0 spiro atoms. The Hall–Kier alpha value is -2.04. The van der Waals surface area contributed by atoms with Crippen molar-refractivity contribution in [1.29, 1.82) is 0 Å². The molecule has 5 nitrogen and oxygen atoms in total. The number of aromatic amines is 1. The van der Waals surface area contributed by atoms with Gasteiger partial charge in [0.1, 0.15) is 6.26 Å². The van der Waals surface area contributed by atoms with Crippen molar-refractivity contribution in [3.63, 3.8) is 0 Å². The maximum absolute atomic E-state index is 10.9. The molecule has 2 heterocycles. The Bertz CT molecular complexity index is 472. The molecule has 0 saturated heterocycles. The molecule has 0 fully saturated rings. The summed E-state index contributed by atoms with van der Waals surface area (Å²) in [4.78, 5) is 17.3. The third-order valence-electron chi connectivity index (χ3n) is 1.52. The van der Waals surface area contributed by atoms with Crippen LogP contribution in [-0.2, 0) is 0 Å². The molecule has 0 bridgehead atoms. The van der Waals surface area contributed by atoms with Crippen LogP contribution in [0.15, 0.2) is 33.8 Å². The summed E-state index contributed by atoms with van der Waals surface area (Å²) in [6.07, 6.45) is 2.80. The van der Waals surface area contributed by atoms with E-state index < -0.39 is 0 Å². The fourth-order valence-corrected chi connectivity index (χ4v) is 0.970. The molecule has 2 aromatic heterocycles. The number of furan rings is 1. The molecule has 0 atom stereocenters. The van der Waals surface area contributed by atoms with E-state index in [9.17, 15) is 4.79 Å². The largest absolute Gasteiger partial charge is 0.459 e. The van der Waals surface area contributed by atoms with Gasteiger partial charge in [0.25, 0.3) is 5.56 Å². The molecule has 0 aromatic carbocycles. The van der Waals surface area contributed by atoms with E-state index in [1.54, 1.807) is 6.07 Å². The third-order valence-corrected chi connectivity index (χ3v) is 1.52. The summed E-state index contributed by atoms with van der Waals surface area (Å²) >= 11 is 0. The maximum Gasteiger partial charge on any atom is 0.251 e. The minimum absolute atomic E-state index is 0.222. The van der Waals surface area contributed by atoms with Crippen LogP contribution in [0, 0.1) is 0 Å². The van der Waals surface area contributed by atoms with Crippen LogP contribution in [0.25, 0.3) is 11.6 Å². The Morgan fingerprint density at radius 2 is 2.38 bits per heavy atom. The van der Waals surface area contributed by atoms with E-state index in [1.807, 2.05) is 0 Å². The summed E-state index contributed by atoms with van der Waals surface area (Å²) in [5, 5.41) is 0. The van der Waals surface area contributed by atoms with Crippen LogP contribution in [0.4, 0.5) is 5.69 Å². The van der Waals surface area contributed by atoms with Crippen LogP contribution < -0.4 is 11.3 Å². The van der Waals surface area contributed by atoms with Crippen molar-refractivity contribution < 1.29 is 4.42 Å². The normalized spacial score (nSPS) is 10.2. The van der Waals surface area contributed by atoms with E-state index >= 15 is 0 Å². The topological polar surface area (TPSA) is 84.9 Å². The van der Waals surface area contributed by atoms with E-state index in [1.165, 1.54) is 18.5 Å². The predicted octanol–water partition coefficient (Wildman–Crippen LogP) is 0.612. The van der Waals surface area contributed by atoms with E-state index in [0.29, 0.717) is 17.3 Å². The Kier molecular flexibility index (Phi) is 1.63. The summed E-state index contributed by atoms with van der Waals surface area (Å²) < 4.78 is 5.05. The van der Waals surface area contributed by atoms with Gasteiger partial charge in [-0.25, -0.2) is 4.98 Å². The average molecular weight is 177 g/mol. The standard InChI is InChI=1S/C8H7N3O2/c9-5-3-6(13-4-5)8-10-2-1-7(12)11-8/h1-4H,9H2,(H,10,11,12). The number of nitrogen functional groups attached to an aromatic ring is 1. The second-order valence-corrected chi connectivity index (χ2v) is 2.53. The summed E-state index contributed by atoms with van der Waals surface area (Å²) in [5.74, 6) is 0.833. The Balaban J connectivity index is 2.52. The van der Waals surface area contributed by atoms with Gasteiger partial charge in [-0.2, -0.15) is 0 Å². The van der Waals surface area contributed by atoms with Gasteiger partial charge in [-0.3, -0.25) is 4.79 Å². The van der Waals surface area contributed by atoms with Gasteiger partial charge >= 0.3 is 0 Å². The third kappa shape index (κ3) is 1.44. The molecule has 0 unspecified atom stereocenters. The molecule has 0 amide bonds. The van der Waals surface area contributed by atoms with Gasteiger partial charge in [0.2, 0.25) is 0 Å². The summed E-state index contributed by atoms with van der Waals surface area (Å²) in [6.45, 7) is 0. The Morgan fingerprint density at radius 1 is 1.54 bits per heavy atom. The minimum Gasteiger partial charge on any atom is -0.459 e. The second-order valence-electron chi connectivity index (χ2n) is 2.53. The number of nitrogens with zero attached hydrogens (tertiary/aromatic N) is 1. The molecule has 0 aliphatic carbocycles. The second kappa shape index (κ2) is 2.78. The summed E-state index contributed by atoms with van der Waals surface area (Å²) in [5.41, 5.74) is 5.72. The van der Waals surface area contributed by atoms with E-state index in [2.05, 4.69) is 9.97 Å². The van der Waals surface area contributed by atoms with Gasteiger partial charge in [-0.05, 0) is 0 Å². The lowest BCUT2D eigenvalue weighted by Gasteiger charge is -1.92. The molecule has 66 valence electrons. The summed E-state index contributed by atoms with van der Waals surface area (Å²) in [6, 6.07) is 2.92. The molecule has 0 aliphatic heterocycles. The quantitative estimate of drug-likeness (QED) is 0.668. The zero-order valence-corrected chi connectivity index (χ0v) is 6.65. The number of nitrogens with one attached hydrogen (secondary N) is 1. The fourth-order valence-electron chi connectivity index (χ4n) is 0.970. The molecular weight excluding hydrogens is 170 g/mol. The van der Waals surface area contributed by atoms with Crippen molar-refractivity contribution in [2.75, 3.05) is 5.73 Å². The van der Waals surface area contributed by atoms with Gasteiger partial charge in [-0.1, -0.05) is 0 Å². The fraction of sp³-hybridized carbons (Fsp3) is 0. The summed E-state index contributed by atoms with van der Waals surface area (Å²) in [7, 11) is 0. The SMILES string of the molecule is Nc1coc(-c2nccc(=O)[nH]2)c1. The molecule has 2 aromatic rings. The van der Waals surface area contributed by atoms with E-state index in [0.717, 1.165) is 0 Å². The Labute approximate surface area is 73.2 Å². The van der Waals surface area contributed by atoms with Crippen LogP contribution in [0.3, 0.4) is 0 Å². The molecule has 0 saturated carbocycles. The predicted molar refractivity (Wildman–Crippen MR) is 47.0 cm³/mol. The van der Waals surface area contributed by atoms with Crippen molar-refractivity contribution in [2.24, 2.45) is 0 Å². The Morgan fingerprint density at radius 3 is 3.00 bits per heavy atom. The molecular formula is C8H7N3O2. The number of rotatable bonds is 1. The average Bonchev–Trinajstić information content (AvgIpc) is 2.52. The molecule has 13 heavy (non-hydrogen) atoms. The number of nitrogens with two attached hydrogens (primary N) is 1. The van der Waals surface area contributed by atoms with Crippen LogP contribution in [-0.4, -0.2) is 9.97 Å². The highest BCUT2D eigenvalue weighted by atomic mass is 16.3. The van der Waals surface area contributed by atoms with Gasteiger partial charge < -0.3 is 15.1 Å². The van der Waals surface area contributed by atoms with Crippen LogP contribution in [0.2, 0.25) is 0 Å². The zero-order valence-electron chi connectivity index (χ0n) is 6.65. The number of hydrogen-bond donors (Lipinski definition) is 2. The van der Waals surface area contributed by atoms with Crippen molar-refractivity contribution in [2.45, 2.75) is 0 Å². The van der Waals surface area contributed by atoms with Crippen LogP contribution in [0.5, 0.6) is 0 Å². The smallest absolute Gasteiger partial charge is 0.251 e. The number of H-pyrrole nitrogens is 1. The first-order chi connectivity index (χ1) is 6.25. The van der Waals surface area contributed by atoms with Crippen molar-refractivity contribution in [3.8, 4) is 11.6 Å². The molecule has 0 radical (unpaired) electrons. The monoisotopic (exact) mass is 177 g/mol. The van der Waals surface area contributed by atoms with Crippen molar-refractivity contribution in [3.05, 3.63) is 34.9 Å². The van der Waals surface area contributed by atoms with E-state index in [4.69, 9.17) is 10.2 Å². The van der Waals surface area contributed by atoms with Crippen molar-refractivity contribution in [1.82, 2.24) is 9.97 Å². The van der Waals surface area contributed by atoms with Gasteiger partial charge in [0, 0.05) is 18.3 Å². The maximum atomic E-state index is 10.9. The highest BCUT2D eigenvalue weighted by molar-refractivity contribution is 5.53. The number of aromatic nitrogens is 2. The minimum atomic E-state index is -0.222. The lowest BCUT2D eigenvalue weighted by atomic mass is 10.4. The highest BCUT2D eigenvalue weighted by Crippen LogP contribution is 2.17.